The number of halogens is 1. The molecule has 0 atom stereocenters. The maximum atomic E-state index is 12.6. The molecule has 152 valence electrons. The summed E-state index contributed by atoms with van der Waals surface area (Å²) in [4.78, 5) is 24.8. The molecule has 0 saturated heterocycles. The van der Waals surface area contributed by atoms with Crippen molar-refractivity contribution in [2.24, 2.45) is 0 Å². The van der Waals surface area contributed by atoms with Crippen LogP contribution in [0.2, 0.25) is 5.02 Å². The molecule has 30 heavy (non-hydrogen) atoms. The summed E-state index contributed by atoms with van der Waals surface area (Å²) in [5.41, 5.74) is 2.27. The van der Waals surface area contributed by atoms with E-state index >= 15 is 0 Å². The second-order valence-corrected chi connectivity index (χ2v) is 6.75. The average molecular weight is 421 g/mol. The van der Waals surface area contributed by atoms with E-state index in [4.69, 9.17) is 16.3 Å². The molecule has 0 spiro atoms. The van der Waals surface area contributed by atoms with E-state index in [0.717, 1.165) is 11.3 Å². The van der Waals surface area contributed by atoms with Crippen molar-refractivity contribution >= 4 is 40.9 Å². The predicted molar refractivity (Wildman–Crippen MR) is 121 cm³/mol. The molecule has 3 rings (SSSR count). The SMILES string of the molecule is CCOc1ccc(NC(=O)c2ccc(Cl)c(NC(=O)/C=C\c3ccccc3)c2)cc1. The van der Waals surface area contributed by atoms with Gasteiger partial charge in [0, 0.05) is 17.3 Å². The van der Waals surface area contributed by atoms with Gasteiger partial charge in [0.15, 0.2) is 0 Å². The standard InChI is InChI=1S/C24H21ClN2O3/c1-2-30-20-12-10-19(11-13-20)26-24(29)18-9-14-21(25)22(16-18)27-23(28)15-8-17-6-4-3-5-7-17/h3-16H,2H2,1H3,(H,26,29)(H,27,28)/b15-8-. The lowest BCUT2D eigenvalue weighted by Gasteiger charge is -2.10. The highest BCUT2D eigenvalue weighted by Crippen LogP contribution is 2.24. The number of hydrogen-bond acceptors (Lipinski definition) is 3. The first-order valence-corrected chi connectivity index (χ1v) is 9.81. The Morgan fingerprint density at radius 1 is 0.967 bits per heavy atom. The molecule has 3 aromatic rings. The normalized spacial score (nSPS) is 10.6. The van der Waals surface area contributed by atoms with Gasteiger partial charge in [-0.1, -0.05) is 41.9 Å². The van der Waals surface area contributed by atoms with Crippen LogP contribution in [0.1, 0.15) is 22.8 Å². The van der Waals surface area contributed by atoms with Gasteiger partial charge >= 0.3 is 0 Å². The van der Waals surface area contributed by atoms with Gasteiger partial charge < -0.3 is 15.4 Å². The van der Waals surface area contributed by atoms with Gasteiger partial charge in [-0.25, -0.2) is 0 Å². The Morgan fingerprint density at radius 2 is 1.70 bits per heavy atom. The Kier molecular flexibility index (Phi) is 7.24. The van der Waals surface area contributed by atoms with Crippen LogP contribution in [0.3, 0.4) is 0 Å². The van der Waals surface area contributed by atoms with Crippen LogP contribution in [-0.2, 0) is 4.79 Å². The van der Waals surface area contributed by atoms with Crippen molar-refractivity contribution in [2.75, 3.05) is 17.2 Å². The van der Waals surface area contributed by atoms with Crippen LogP contribution in [-0.4, -0.2) is 18.4 Å². The molecule has 0 aliphatic heterocycles. The minimum absolute atomic E-state index is 0.314. The number of rotatable bonds is 7. The summed E-state index contributed by atoms with van der Waals surface area (Å²) in [6.07, 6.45) is 3.12. The molecular weight excluding hydrogens is 400 g/mol. The lowest BCUT2D eigenvalue weighted by molar-refractivity contribution is -0.111. The summed E-state index contributed by atoms with van der Waals surface area (Å²) in [6, 6.07) is 21.3. The Bertz CT molecular complexity index is 1050. The van der Waals surface area contributed by atoms with Gasteiger partial charge in [-0.05, 0) is 61.0 Å². The van der Waals surface area contributed by atoms with Gasteiger partial charge in [-0.3, -0.25) is 9.59 Å². The molecule has 0 saturated carbocycles. The minimum atomic E-state index is -0.343. The van der Waals surface area contributed by atoms with Gasteiger partial charge in [0.1, 0.15) is 5.75 Å². The van der Waals surface area contributed by atoms with Gasteiger partial charge in [-0.2, -0.15) is 0 Å². The highest BCUT2D eigenvalue weighted by molar-refractivity contribution is 6.34. The van der Waals surface area contributed by atoms with E-state index in [1.54, 1.807) is 48.5 Å². The Balaban J connectivity index is 1.67. The van der Waals surface area contributed by atoms with Gasteiger partial charge in [0.2, 0.25) is 5.91 Å². The largest absolute Gasteiger partial charge is 0.494 e. The van der Waals surface area contributed by atoms with Gasteiger partial charge in [0.05, 0.1) is 17.3 Å². The molecule has 6 heteroatoms. The smallest absolute Gasteiger partial charge is 0.255 e. The summed E-state index contributed by atoms with van der Waals surface area (Å²) >= 11 is 6.19. The van der Waals surface area contributed by atoms with E-state index in [0.29, 0.717) is 28.6 Å². The van der Waals surface area contributed by atoms with Crippen molar-refractivity contribution < 1.29 is 14.3 Å². The molecule has 3 aromatic carbocycles. The minimum Gasteiger partial charge on any atom is -0.494 e. The maximum Gasteiger partial charge on any atom is 0.255 e. The number of carbonyl (C=O) groups excluding carboxylic acids is 2. The highest BCUT2D eigenvalue weighted by Gasteiger charge is 2.11. The molecular formula is C24H21ClN2O3. The van der Waals surface area contributed by atoms with E-state index in [9.17, 15) is 9.59 Å². The zero-order chi connectivity index (χ0) is 21.3. The fourth-order valence-corrected chi connectivity index (χ4v) is 2.84. The molecule has 0 heterocycles. The fourth-order valence-electron chi connectivity index (χ4n) is 2.68. The third-order valence-electron chi connectivity index (χ3n) is 4.14. The fraction of sp³-hybridized carbons (Fsp3) is 0.0833. The third-order valence-corrected chi connectivity index (χ3v) is 4.47. The molecule has 0 aliphatic carbocycles. The summed E-state index contributed by atoms with van der Waals surface area (Å²) < 4.78 is 5.39. The van der Waals surface area contributed by atoms with Gasteiger partial charge in [0.25, 0.3) is 5.91 Å². The quantitative estimate of drug-likeness (QED) is 0.486. The lowest BCUT2D eigenvalue weighted by atomic mass is 10.1. The number of carbonyl (C=O) groups is 2. The zero-order valence-electron chi connectivity index (χ0n) is 16.4. The Morgan fingerprint density at radius 3 is 2.40 bits per heavy atom. The summed E-state index contributed by atoms with van der Waals surface area (Å²) in [5, 5.41) is 5.86. The van der Waals surface area contributed by atoms with E-state index in [1.807, 2.05) is 37.3 Å². The second-order valence-electron chi connectivity index (χ2n) is 6.34. The van der Waals surface area contributed by atoms with Gasteiger partial charge in [-0.15, -0.1) is 0 Å². The predicted octanol–water partition coefficient (Wildman–Crippen LogP) is 5.64. The van der Waals surface area contributed by atoms with Crippen molar-refractivity contribution in [3.63, 3.8) is 0 Å². The van der Waals surface area contributed by atoms with Crippen LogP contribution < -0.4 is 15.4 Å². The monoisotopic (exact) mass is 420 g/mol. The maximum absolute atomic E-state index is 12.6. The molecule has 0 aromatic heterocycles. The van der Waals surface area contributed by atoms with Crippen LogP contribution in [0.4, 0.5) is 11.4 Å². The number of anilines is 2. The topological polar surface area (TPSA) is 67.4 Å². The second kappa shape index (κ2) is 10.3. The van der Waals surface area contributed by atoms with E-state index in [-0.39, 0.29) is 11.8 Å². The number of benzene rings is 3. The first-order valence-electron chi connectivity index (χ1n) is 9.43. The highest BCUT2D eigenvalue weighted by atomic mass is 35.5. The number of amides is 2. The number of hydrogen-bond donors (Lipinski definition) is 2. The van der Waals surface area contributed by atoms with Crippen molar-refractivity contribution in [3.05, 3.63) is 95.0 Å². The number of ether oxygens (including phenoxy) is 1. The summed E-state index contributed by atoms with van der Waals surface area (Å²) in [6.45, 7) is 2.48. The molecule has 2 N–H and O–H groups in total. The van der Waals surface area contributed by atoms with Crippen molar-refractivity contribution in [1.29, 1.82) is 0 Å². The van der Waals surface area contributed by atoms with Crippen LogP contribution in [0.5, 0.6) is 5.75 Å². The Labute approximate surface area is 180 Å². The first-order chi connectivity index (χ1) is 14.5. The summed E-state index contributed by atoms with van der Waals surface area (Å²) in [5.74, 6) is 0.0755. The van der Waals surface area contributed by atoms with Crippen molar-refractivity contribution in [2.45, 2.75) is 6.92 Å². The summed E-state index contributed by atoms with van der Waals surface area (Å²) in [7, 11) is 0. The van der Waals surface area contributed by atoms with E-state index in [1.165, 1.54) is 6.08 Å². The van der Waals surface area contributed by atoms with Crippen molar-refractivity contribution in [1.82, 2.24) is 0 Å². The molecule has 0 bridgehead atoms. The molecule has 0 radical (unpaired) electrons. The average Bonchev–Trinajstić information content (AvgIpc) is 2.76. The van der Waals surface area contributed by atoms with Crippen LogP contribution >= 0.6 is 11.6 Å². The molecule has 5 nitrogen and oxygen atoms in total. The Hall–Kier alpha value is -3.57. The van der Waals surface area contributed by atoms with E-state index in [2.05, 4.69) is 10.6 Å². The third kappa shape index (κ3) is 5.96. The van der Waals surface area contributed by atoms with Crippen LogP contribution in [0, 0.1) is 0 Å². The van der Waals surface area contributed by atoms with E-state index < -0.39 is 0 Å². The van der Waals surface area contributed by atoms with Crippen LogP contribution in [0.25, 0.3) is 6.08 Å². The molecule has 0 unspecified atom stereocenters. The first kappa shape index (κ1) is 21.1. The molecule has 0 aliphatic rings. The lowest BCUT2D eigenvalue weighted by Crippen LogP contribution is -2.13. The molecule has 0 fully saturated rings. The van der Waals surface area contributed by atoms with Crippen LogP contribution in [0.15, 0.2) is 78.9 Å². The number of nitrogens with one attached hydrogen (secondary N) is 2. The zero-order valence-corrected chi connectivity index (χ0v) is 17.1. The van der Waals surface area contributed by atoms with Crippen molar-refractivity contribution in [3.8, 4) is 5.75 Å². The molecule has 2 amide bonds.